The van der Waals surface area contributed by atoms with Crippen molar-refractivity contribution in [1.29, 1.82) is 0 Å². The molecule has 7 nitrogen and oxygen atoms in total. The summed E-state index contributed by atoms with van der Waals surface area (Å²) in [5, 5.41) is 11.5. The number of urea groups is 1. The van der Waals surface area contributed by atoms with Gasteiger partial charge in [-0.1, -0.05) is 18.2 Å². The van der Waals surface area contributed by atoms with Crippen molar-refractivity contribution in [3.8, 4) is 17.1 Å². The summed E-state index contributed by atoms with van der Waals surface area (Å²) >= 11 is 0. The van der Waals surface area contributed by atoms with Crippen LogP contribution in [0.2, 0.25) is 0 Å². The lowest BCUT2D eigenvalue weighted by Crippen LogP contribution is -2.41. The van der Waals surface area contributed by atoms with Gasteiger partial charge in [0.05, 0.1) is 13.7 Å². The highest BCUT2D eigenvalue weighted by Crippen LogP contribution is 2.24. The first-order valence-electron chi connectivity index (χ1n) is 8.42. The predicted octanol–water partition coefficient (Wildman–Crippen LogP) is 3.00. The molecule has 0 unspecified atom stereocenters. The largest absolute Gasteiger partial charge is 0.497 e. The first-order chi connectivity index (χ1) is 12.7. The number of nitrogens with one attached hydrogen (secondary N) is 1. The number of amides is 2. The number of carbonyl (C=O) groups is 1. The summed E-state index contributed by atoms with van der Waals surface area (Å²) in [5.41, 5.74) is 1.76. The highest BCUT2D eigenvalue weighted by Gasteiger charge is 2.25. The van der Waals surface area contributed by atoms with E-state index in [1.807, 2.05) is 54.6 Å². The number of fused-ring (bicyclic) bond motifs is 1. The summed E-state index contributed by atoms with van der Waals surface area (Å²) in [6, 6.07) is 17.0. The molecule has 2 heterocycles. The number of hydrogen-bond donors (Lipinski definition) is 1. The first-order valence-corrected chi connectivity index (χ1v) is 8.42. The van der Waals surface area contributed by atoms with E-state index in [4.69, 9.17) is 4.74 Å². The Morgan fingerprint density at radius 1 is 1.04 bits per heavy atom. The average molecular weight is 349 g/mol. The van der Waals surface area contributed by atoms with E-state index in [0.29, 0.717) is 19.6 Å². The molecule has 0 spiro atoms. The van der Waals surface area contributed by atoms with E-state index >= 15 is 0 Å². The van der Waals surface area contributed by atoms with Crippen molar-refractivity contribution in [3.05, 3.63) is 60.4 Å². The Bertz CT molecular complexity index is 905. The molecule has 0 radical (unpaired) electrons. The van der Waals surface area contributed by atoms with Crippen LogP contribution in [-0.4, -0.2) is 39.4 Å². The molecule has 26 heavy (non-hydrogen) atoms. The van der Waals surface area contributed by atoms with Gasteiger partial charge in [-0.2, -0.15) is 0 Å². The standard InChI is InChI=1S/C19H19N5O2/c1-26-16-9-7-14(8-10-16)18-22-21-17-13-23(11-12-24(17)18)19(25)20-15-5-3-2-4-6-15/h2-10H,11-13H2,1H3,(H,20,25). The minimum absolute atomic E-state index is 0.128. The number of hydrogen-bond acceptors (Lipinski definition) is 4. The van der Waals surface area contributed by atoms with Gasteiger partial charge >= 0.3 is 6.03 Å². The Morgan fingerprint density at radius 3 is 2.54 bits per heavy atom. The summed E-state index contributed by atoms with van der Waals surface area (Å²) in [4.78, 5) is 14.2. The maximum absolute atomic E-state index is 12.5. The van der Waals surface area contributed by atoms with Crippen molar-refractivity contribution in [1.82, 2.24) is 19.7 Å². The summed E-state index contributed by atoms with van der Waals surface area (Å²) in [5.74, 6) is 2.40. The zero-order chi connectivity index (χ0) is 17.9. The van der Waals surface area contributed by atoms with E-state index in [-0.39, 0.29) is 6.03 Å². The highest BCUT2D eigenvalue weighted by atomic mass is 16.5. The molecule has 1 aliphatic rings. The van der Waals surface area contributed by atoms with Crippen LogP contribution in [-0.2, 0) is 13.1 Å². The van der Waals surface area contributed by atoms with Crippen LogP contribution in [0.4, 0.5) is 10.5 Å². The van der Waals surface area contributed by atoms with Gasteiger partial charge in [-0.3, -0.25) is 0 Å². The van der Waals surface area contributed by atoms with Crippen LogP contribution in [0.5, 0.6) is 5.75 Å². The second-order valence-corrected chi connectivity index (χ2v) is 6.04. The van der Waals surface area contributed by atoms with E-state index in [0.717, 1.165) is 28.6 Å². The Morgan fingerprint density at radius 2 is 1.81 bits per heavy atom. The zero-order valence-corrected chi connectivity index (χ0v) is 14.4. The lowest BCUT2D eigenvalue weighted by molar-refractivity contribution is 0.196. The van der Waals surface area contributed by atoms with E-state index in [1.54, 1.807) is 12.0 Å². The molecule has 2 amide bonds. The van der Waals surface area contributed by atoms with Crippen molar-refractivity contribution < 1.29 is 9.53 Å². The topological polar surface area (TPSA) is 72.3 Å². The Hall–Kier alpha value is -3.35. The molecule has 0 aliphatic carbocycles. The van der Waals surface area contributed by atoms with Gasteiger partial charge in [-0.05, 0) is 36.4 Å². The van der Waals surface area contributed by atoms with Gasteiger partial charge in [0.15, 0.2) is 11.6 Å². The maximum Gasteiger partial charge on any atom is 0.322 e. The van der Waals surface area contributed by atoms with Crippen molar-refractivity contribution in [2.45, 2.75) is 13.1 Å². The molecule has 3 aromatic rings. The van der Waals surface area contributed by atoms with Gasteiger partial charge in [0.2, 0.25) is 0 Å². The number of nitrogens with zero attached hydrogens (tertiary/aromatic N) is 4. The Kier molecular flexibility index (Phi) is 4.27. The molecule has 7 heteroatoms. The normalized spacial score (nSPS) is 13.2. The summed E-state index contributed by atoms with van der Waals surface area (Å²) < 4.78 is 7.26. The molecular weight excluding hydrogens is 330 g/mol. The number of methoxy groups -OCH3 is 1. The third-order valence-electron chi connectivity index (χ3n) is 4.41. The number of para-hydroxylation sites is 1. The molecule has 2 aromatic carbocycles. The lowest BCUT2D eigenvalue weighted by atomic mass is 10.2. The number of benzene rings is 2. The van der Waals surface area contributed by atoms with Crippen molar-refractivity contribution in [3.63, 3.8) is 0 Å². The molecule has 1 aromatic heterocycles. The maximum atomic E-state index is 12.5. The third-order valence-corrected chi connectivity index (χ3v) is 4.41. The highest BCUT2D eigenvalue weighted by molar-refractivity contribution is 5.89. The van der Waals surface area contributed by atoms with Gasteiger partial charge < -0.3 is 19.5 Å². The minimum atomic E-state index is -0.128. The van der Waals surface area contributed by atoms with E-state index in [2.05, 4.69) is 20.1 Å². The second-order valence-electron chi connectivity index (χ2n) is 6.04. The molecule has 0 fully saturated rings. The van der Waals surface area contributed by atoms with Crippen LogP contribution in [0.25, 0.3) is 11.4 Å². The summed E-state index contributed by atoms with van der Waals surface area (Å²) in [6.45, 7) is 1.70. The van der Waals surface area contributed by atoms with Gasteiger partial charge in [-0.25, -0.2) is 4.79 Å². The van der Waals surface area contributed by atoms with Crippen molar-refractivity contribution in [2.75, 3.05) is 19.0 Å². The number of carbonyl (C=O) groups excluding carboxylic acids is 1. The second kappa shape index (κ2) is 6.87. The smallest absolute Gasteiger partial charge is 0.322 e. The van der Waals surface area contributed by atoms with E-state index in [9.17, 15) is 4.79 Å². The van der Waals surface area contributed by atoms with Crippen LogP contribution >= 0.6 is 0 Å². The number of aromatic nitrogens is 3. The minimum Gasteiger partial charge on any atom is -0.497 e. The fourth-order valence-electron chi connectivity index (χ4n) is 3.01. The Balaban J connectivity index is 1.49. The zero-order valence-electron chi connectivity index (χ0n) is 14.4. The van der Waals surface area contributed by atoms with E-state index < -0.39 is 0 Å². The molecule has 0 atom stereocenters. The van der Waals surface area contributed by atoms with Gasteiger partial charge in [0.25, 0.3) is 0 Å². The monoisotopic (exact) mass is 349 g/mol. The van der Waals surface area contributed by atoms with E-state index in [1.165, 1.54) is 0 Å². The SMILES string of the molecule is COc1ccc(-c2nnc3n2CCN(C(=O)Nc2ccccc2)C3)cc1. The van der Waals surface area contributed by atoms with Gasteiger partial charge in [0, 0.05) is 24.3 Å². The molecule has 0 saturated heterocycles. The Labute approximate surface area is 151 Å². The molecule has 0 saturated carbocycles. The molecule has 0 bridgehead atoms. The molecule has 1 aliphatic heterocycles. The van der Waals surface area contributed by atoms with Crippen LogP contribution in [0.15, 0.2) is 54.6 Å². The fourth-order valence-corrected chi connectivity index (χ4v) is 3.01. The van der Waals surface area contributed by atoms with Crippen molar-refractivity contribution >= 4 is 11.7 Å². The van der Waals surface area contributed by atoms with Gasteiger partial charge in [0.1, 0.15) is 5.75 Å². The van der Waals surface area contributed by atoms with Gasteiger partial charge in [-0.15, -0.1) is 10.2 Å². The van der Waals surface area contributed by atoms with Crippen LogP contribution in [0, 0.1) is 0 Å². The molecule has 1 N–H and O–H groups in total. The summed E-state index contributed by atoms with van der Waals surface area (Å²) in [7, 11) is 1.64. The summed E-state index contributed by atoms with van der Waals surface area (Å²) in [6.07, 6.45) is 0. The molecule has 132 valence electrons. The number of anilines is 1. The molecular formula is C19H19N5O2. The lowest BCUT2D eigenvalue weighted by Gasteiger charge is -2.28. The van der Waals surface area contributed by atoms with Crippen LogP contribution in [0.1, 0.15) is 5.82 Å². The third kappa shape index (κ3) is 3.11. The number of rotatable bonds is 3. The first kappa shape index (κ1) is 16.1. The predicted molar refractivity (Wildman–Crippen MR) is 97.9 cm³/mol. The quantitative estimate of drug-likeness (QED) is 0.789. The van der Waals surface area contributed by atoms with Crippen LogP contribution < -0.4 is 10.1 Å². The molecule has 4 rings (SSSR count). The van der Waals surface area contributed by atoms with Crippen molar-refractivity contribution in [2.24, 2.45) is 0 Å². The fraction of sp³-hybridized carbons (Fsp3) is 0.211. The number of ether oxygens (including phenoxy) is 1. The van der Waals surface area contributed by atoms with Crippen LogP contribution in [0.3, 0.4) is 0 Å². The average Bonchev–Trinajstić information content (AvgIpc) is 3.12.